The van der Waals surface area contributed by atoms with Crippen LogP contribution in [-0.4, -0.2) is 34.5 Å². The van der Waals surface area contributed by atoms with Crippen LogP contribution in [-0.2, 0) is 9.59 Å². The lowest BCUT2D eigenvalue weighted by atomic mass is 10.0. The largest absolute Gasteiger partial charge is 0.480 e. The number of rotatable bonds is 4. The molecule has 0 radical (unpaired) electrons. The van der Waals surface area contributed by atoms with Crippen LogP contribution >= 0.6 is 0 Å². The summed E-state index contributed by atoms with van der Waals surface area (Å²) in [6.07, 6.45) is 8.32. The second-order valence-electron chi connectivity index (χ2n) is 5.28. The number of aliphatic carboxylic acids is 1. The quantitative estimate of drug-likeness (QED) is 0.816. The summed E-state index contributed by atoms with van der Waals surface area (Å²) in [6.45, 7) is -0.111. The van der Waals surface area contributed by atoms with E-state index in [-0.39, 0.29) is 24.4 Å². The molecule has 0 saturated heterocycles. The molecule has 4 heteroatoms. The van der Waals surface area contributed by atoms with Crippen molar-refractivity contribution >= 4 is 11.9 Å². The molecule has 0 atom stereocenters. The summed E-state index contributed by atoms with van der Waals surface area (Å²) in [6, 6.07) is 0.180. The van der Waals surface area contributed by atoms with Crippen LogP contribution in [0.3, 0.4) is 0 Å². The van der Waals surface area contributed by atoms with Crippen molar-refractivity contribution < 1.29 is 14.7 Å². The van der Waals surface area contributed by atoms with E-state index in [4.69, 9.17) is 5.11 Å². The fraction of sp³-hybridized carbons (Fsp3) is 0.846. The van der Waals surface area contributed by atoms with Gasteiger partial charge in [0, 0.05) is 12.0 Å². The number of amides is 1. The Morgan fingerprint density at radius 2 is 1.53 bits per heavy atom. The predicted molar refractivity (Wildman–Crippen MR) is 63.6 cm³/mol. The number of hydrogen-bond acceptors (Lipinski definition) is 2. The van der Waals surface area contributed by atoms with Gasteiger partial charge in [-0.15, -0.1) is 0 Å². The zero-order chi connectivity index (χ0) is 12.3. The Kier molecular flexibility index (Phi) is 4.02. The van der Waals surface area contributed by atoms with Crippen molar-refractivity contribution in [2.24, 2.45) is 5.92 Å². The van der Waals surface area contributed by atoms with E-state index < -0.39 is 5.97 Å². The van der Waals surface area contributed by atoms with E-state index in [1.807, 2.05) is 0 Å². The molecule has 2 aliphatic rings. The van der Waals surface area contributed by atoms with Crippen molar-refractivity contribution in [1.82, 2.24) is 4.90 Å². The Hall–Kier alpha value is -1.06. The summed E-state index contributed by atoms with van der Waals surface area (Å²) in [7, 11) is 0. The van der Waals surface area contributed by atoms with Crippen molar-refractivity contribution in [3.8, 4) is 0 Å². The summed E-state index contributed by atoms with van der Waals surface area (Å²) in [4.78, 5) is 24.9. The first-order chi connectivity index (χ1) is 8.18. The molecule has 1 amide bonds. The summed E-state index contributed by atoms with van der Waals surface area (Å²) in [5.74, 6) is -0.699. The maximum Gasteiger partial charge on any atom is 0.323 e. The van der Waals surface area contributed by atoms with Crippen molar-refractivity contribution in [1.29, 1.82) is 0 Å². The van der Waals surface area contributed by atoms with E-state index in [1.54, 1.807) is 4.90 Å². The number of carbonyl (C=O) groups is 2. The Morgan fingerprint density at radius 3 is 2.06 bits per heavy atom. The normalized spacial score (nSPS) is 21.9. The smallest absolute Gasteiger partial charge is 0.323 e. The van der Waals surface area contributed by atoms with Gasteiger partial charge in [-0.1, -0.05) is 25.7 Å². The second kappa shape index (κ2) is 5.52. The van der Waals surface area contributed by atoms with E-state index >= 15 is 0 Å². The van der Waals surface area contributed by atoms with Gasteiger partial charge in [0.25, 0.3) is 0 Å². The Bertz CT molecular complexity index is 291. The standard InChI is InChI=1S/C13H21NO3/c15-12(16)9-14(11-7-3-4-8-11)13(17)10-5-1-2-6-10/h10-11H,1-9H2,(H,15,16). The minimum absolute atomic E-state index is 0.0925. The molecule has 4 nitrogen and oxygen atoms in total. The molecule has 0 heterocycles. The summed E-state index contributed by atoms with van der Waals surface area (Å²) in [5, 5.41) is 8.94. The molecule has 0 aromatic heterocycles. The second-order valence-corrected chi connectivity index (χ2v) is 5.28. The van der Waals surface area contributed by atoms with Crippen LogP contribution in [0.15, 0.2) is 0 Å². The van der Waals surface area contributed by atoms with Crippen LogP contribution in [0.4, 0.5) is 0 Å². The van der Waals surface area contributed by atoms with E-state index in [0.29, 0.717) is 0 Å². The third kappa shape index (κ3) is 2.99. The van der Waals surface area contributed by atoms with Crippen LogP contribution in [0.2, 0.25) is 0 Å². The molecule has 0 aromatic rings. The number of hydrogen-bond donors (Lipinski definition) is 1. The fourth-order valence-corrected chi connectivity index (χ4v) is 3.16. The van der Waals surface area contributed by atoms with Gasteiger partial charge >= 0.3 is 5.97 Å². The lowest BCUT2D eigenvalue weighted by Crippen LogP contribution is -2.44. The van der Waals surface area contributed by atoms with E-state index in [0.717, 1.165) is 51.4 Å². The molecule has 0 aromatic carbocycles. The molecule has 0 aliphatic heterocycles. The van der Waals surface area contributed by atoms with Crippen LogP contribution in [0.5, 0.6) is 0 Å². The van der Waals surface area contributed by atoms with Crippen molar-refractivity contribution in [2.75, 3.05) is 6.54 Å². The number of nitrogens with zero attached hydrogens (tertiary/aromatic N) is 1. The molecule has 2 saturated carbocycles. The summed E-state index contributed by atoms with van der Waals surface area (Å²) >= 11 is 0. The Balaban J connectivity index is 2.02. The van der Waals surface area contributed by atoms with Crippen LogP contribution in [0.1, 0.15) is 51.4 Å². The molecular weight excluding hydrogens is 218 g/mol. The zero-order valence-electron chi connectivity index (χ0n) is 10.2. The zero-order valence-corrected chi connectivity index (χ0v) is 10.2. The molecular formula is C13H21NO3. The summed E-state index contributed by atoms with van der Waals surface area (Å²) < 4.78 is 0. The lowest BCUT2D eigenvalue weighted by molar-refractivity contribution is -0.148. The molecule has 0 bridgehead atoms. The first-order valence-electron chi connectivity index (χ1n) is 6.71. The van der Waals surface area contributed by atoms with E-state index in [9.17, 15) is 9.59 Å². The van der Waals surface area contributed by atoms with Gasteiger partial charge in [0.15, 0.2) is 0 Å². The Morgan fingerprint density at radius 1 is 1.00 bits per heavy atom. The third-order valence-corrected chi connectivity index (χ3v) is 4.06. The van der Waals surface area contributed by atoms with Crippen molar-refractivity contribution in [3.05, 3.63) is 0 Å². The molecule has 0 unspecified atom stereocenters. The average Bonchev–Trinajstić information content (AvgIpc) is 2.96. The third-order valence-electron chi connectivity index (χ3n) is 4.06. The van der Waals surface area contributed by atoms with E-state index in [1.165, 1.54) is 0 Å². The topological polar surface area (TPSA) is 57.6 Å². The maximum atomic E-state index is 12.3. The first-order valence-corrected chi connectivity index (χ1v) is 6.71. The predicted octanol–water partition coefficient (Wildman–Crippen LogP) is 2.03. The number of carbonyl (C=O) groups excluding carboxylic acids is 1. The number of carboxylic acids is 1. The minimum Gasteiger partial charge on any atom is -0.480 e. The SMILES string of the molecule is O=C(O)CN(C(=O)C1CCCC1)C1CCCC1. The molecule has 17 heavy (non-hydrogen) atoms. The molecule has 96 valence electrons. The molecule has 1 N–H and O–H groups in total. The van der Waals surface area contributed by atoms with Gasteiger partial charge in [0.2, 0.25) is 5.91 Å². The first kappa shape index (κ1) is 12.4. The van der Waals surface area contributed by atoms with Gasteiger partial charge < -0.3 is 10.0 Å². The van der Waals surface area contributed by atoms with Gasteiger partial charge in [-0.3, -0.25) is 9.59 Å². The monoisotopic (exact) mass is 239 g/mol. The lowest BCUT2D eigenvalue weighted by Gasteiger charge is -2.29. The highest BCUT2D eigenvalue weighted by Gasteiger charge is 2.33. The van der Waals surface area contributed by atoms with Crippen molar-refractivity contribution in [2.45, 2.75) is 57.4 Å². The number of carboxylic acid groups (broad SMARTS) is 1. The minimum atomic E-state index is -0.886. The fourth-order valence-electron chi connectivity index (χ4n) is 3.16. The maximum absolute atomic E-state index is 12.3. The molecule has 2 aliphatic carbocycles. The average molecular weight is 239 g/mol. The van der Waals surface area contributed by atoms with Crippen LogP contribution in [0, 0.1) is 5.92 Å². The van der Waals surface area contributed by atoms with Crippen molar-refractivity contribution in [3.63, 3.8) is 0 Å². The van der Waals surface area contributed by atoms with Crippen LogP contribution in [0.25, 0.3) is 0 Å². The van der Waals surface area contributed by atoms with Gasteiger partial charge in [0.1, 0.15) is 6.54 Å². The van der Waals surface area contributed by atoms with Gasteiger partial charge in [-0.25, -0.2) is 0 Å². The highest BCUT2D eigenvalue weighted by atomic mass is 16.4. The van der Waals surface area contributed by atoms with Crippen LogP contribution < -0.4 is 0 Å². The van der Waals surface area contributed by atoms with Gasteiger partial charge in [0.05, 0.1) is 0 Å². The summed E-state index contributed by atoms with van der Waals surface area (Å²) in [5.41, 5.74) is 0. The van der Waals surface area contributed by atoms with Gasteiger partial charge in [-0.2, -0.15) is 0 Å². The molecule has 2 fully saturated rings. The van der Waals surface area contributed by atoms with E-state index in [2.05, 4.69) is 0 Å². The molecule has 0 spiro atoms. The highest BCUT2D eigenvalue weighted by molar-refractivity contribution is 5.83. The molecule has 2 rings (SSSR count). The highest BCUT2D eigenvalue weighted by Crippen LogP contribution is 2.30. The Labute approximate surface area is 102 Å². The van der Waals surface area contributed by atoms with Gasteiger partial charge in [-0.05, 0) is 25.7 Å².